The minimum absolute atomic E-state index is 0.517. The van der Waals surface area contributed by atoms with E-state index in [4.69, 9.17) is 16.3 Å². The van der Waals surface area contributed by atoms with E-state index >= 15 is 0 Å². The molecule has 0 saturated heterocycles. The van der Waals surface area contributed by atoms with Crippen molar-refractivity contribution < 1.29 is 9.84 Å². The van der Waals surface area contributed by atoms with Gasteiger partial charge in [-0.25, -0.2) is 0 Å². The fourth-order valence-electron chi connectivity index (χ4n) is 2.51. The Kier molecular flexibility index (Phi) is 4.19. The highest BCUT2D eigenvalue weighted by Crippen LogP contribution is 2.35. The normalized spacial score (nSPS) is 14.8. The Labute approximate surface area is 136 Å². The molecule has 0 aliphatic carbocycles. The highest BCUT2D eigenvalue weighted by molar-refractivity contribution is 14.1. The molecule has 20 heavy (non-hydrogen) atoms. The maximum absolute atomic E-state index is 10.4. The molecule has 4 heteroatoms. The second-order valence-electron chi connectivity index (χ2n) is 4.92. The van der Waals surface area contributed by atoms with Crippen LogP contribution in [0.1, 0.15) is 22.8 Å². The Morgan fingerprint density at radius 2 is 2.00 bits per heavy atom. The standard InChI is InChI=1S/C16H14ClIO2/c17-13-7-11-5-6-20-16(11)12(8-13)9-15(19)10-1-3-14(18)4-2-10/h1-4,7-8,15,19H,5-6,9H2. The van der Waals surface area contributed by atoms with Gasteiger partial charge in [0.05, 0.1) is 12.7 Å². The number of hydrogen-bond acceptors (Lipinski definition) is 2. The average Bonchev–Trinajstić information content (AvgIpc) is 2.87. The first-order valence-corrected chi connectivity index (χ1v) is 7.97. The van der Waals surface area contributed by atoms with Gasteiger partial charge in [0.2, 0.25) is 0 Å². The molecule has 2 nitrogen and oxygen atoms in total. The number of hydrogen-bond donors (Lipinski definition) is 1. The third-order valence-corrected chi connectivity index (χ3v) is 4.43. The first-order chi connectivity index (χ1) is 9.63. The summed E-state index contributed by atoms with van der Waals surface area (Å²) in [6.45, 7) is 0.697. The molecule has 0 fully saturated rings. The third kappa shape index (κ3) is 2.95. The van der Waals surface area contributed by atoms with Crippen molar-refractivity contribution in [2.75, 3.05) is 6.61 Å². The van der Waals surface area contributed by atoms with Crippen LogP contribution in [-0.2, 0) is 12.8 Å². The molecular weight excluding hydrogens is 387 g/mol. The van der Waals surface area contributed by atoms with Crippen molar-refractivity contribution in [3.05, 3.63) is 61.7 Å². The summed E-state index contributed by atoms with van der Waals surface area (Å²) >= 11 is 8.39. The Morgan fingerprint density at radius 3 is 2.75 bits per heavy atom. The van der Waals surface area contributed by atoms with Crippen molar-refractivity contribution in [2.24, 2.45) is 0 Å². The van der Waals surface area contributed by atoms with Crippen LogP contribution in [0.25, 0.3) is 0 Å². The molecule has 2 aromatic carbocycles. The third-order valence-electron chi connectivity index (χ3n) is 3.49. The highest BCUT2D eigenvalue weighted by Gasteiger charge is 2.20. The number of rotatable bonds is 3. The van der Waals surface area contributed by atoms with Crippen molar-refractivity contribution >= 4 is 34.2 Å². The lowest BCUT2D eigenvalue weighted by molar-refractivity contribution is 0.177. The van der Waals surface area contributed by atoms with E-state index in [-0.39, 0.29) is 0 Å². The molecule has 104 valence electrons. The van der Waals surface area contributed by atoms with Gasteiger partial charge in [-0.2, -0.15) is 0 Å². The molecule has 1 aliphatic rings. The van der Waals surface area contributed by atoms with Crippen LogP contribution in [0.3, 0.4) is 0 Å². The van der Waals surface area contributed by atoms with Crippen LogP contribution < -0.4 is 4.74 Å². The summed E-state index contributed by atoms with van der Waals surface area (Å²) in [5.41, 5.74) is 3.04. The molecule has 1 heterocycles. The average molecular weight is 401 g/mol. The topological polar surface area (TPSA) is 29.5 Å². The summed E-state index contributed by atoms with van der Waals surface area (Å²) in [6, 6.07) is 11.7. The van der Waals surface area contributed by atoms with Crippen molar-refractivity contribution in [1.29, 1.82) is 0 Å². The fourth-order valence-corrected chi connectivity index (χ4v) is 3.13. The Balaban J connectivity index is 1.86. The molecule has 1 atom stereocenters. The molecule has 1 N–H and O–H groups in total. The highest BCUT2D eigenvalue weighted by atomic mass is 127. The molecule has 1 unspecified atom stereocenters. The van der Waals surface area contributed by atoms with Crippen LogP contribution in [-0.4, -0.2) is 11.7 Å². The lowest BCUT2D eigenvalue weighted by Crippen LogP contribution is -2.03. The maximum Gasteiger partial charge on any atom is 0.126 e. The van der Waals surface area contributed by atoms with E-state index in [0.717, 1.165) is 32.4 Å². The minimum Gasteiger partial charge on any atom is -0.493 e. The molecule has 0 bridgehead atoms. The van der Waals surface area contributed by atoms with Gasteiger partial charge in [-0.3, -0.25) is 0 Å². The van der Waals surface area contributed by atoms with E-state index in [1.54, 1.807) is 0 Å². The van der Waals surface area contributed by atoms with Gasteiger partial charge in [0.1, 0.15) is 5.75 Å². The van der Waals surface area contributed by atoms with E-state index in [0.29, 0.717) is 18.1 Å². The lowest BCUT2D eigenvalue weighted by atomic mass is 9.99. The second-order valence-corrected chi connectivity index (χ2v) is 6.61. The molecule has 0 spiro atoms. The van der Waals surface area contributed by atoms with Gasteiger partial charge in [0.25, 0.3) is 0 Å². The summed E-state index contributed by atoms with van der Waals surface area (Å²) in [7, 11) is 0. The van der Waals surface area contributed by atoms with Gasteiger partial charge in [-0.05, 0) is 63.5 Å². The summed E-state index contributed by atoms with van der Waals surface area (Å²) < 4.78 is 6.83. The van der Waals surface area contributed by atoms with Gasteiger partial charge in [-0.15, -0.1) is 0 Å². The molecule has 0 amide bonds. The van der Waals surface area contributed by atoms with Crippen LogP contribution in [0.2, 0.25) is 5.02 Å². The van der Waals surface area contributed by atoms with Crippen LogP contribution in [0, 0.1) is 3.57 Å². The van der Waals surface area contributed by atoms with Crippen LogP contribution in [0.15, 0.2) is 36.4 Å². The van der Waals surface area contributed by atoms with Crippen molar-refractivity contribution in [1.82, 2.24) is 0 Å². The zero-order chi connectivity index (χ0) is 14.1. The zero-order valence-electron chi connectivity index (χ0n) is 10.8. The largest absolute Gasteiger partial charge is 0.493 e. The van der Waals surface area contributed by atoms with E-state index in [9.17, 15) is 5.11 Å². The lowest BCUT2D eigenvalue weighted by Gasteiger charge is -2.14. The first kappa shape index (κ1) is 14.2. The minimum atomic E-state index is -0.543. The Hall–Kier alpha value is -0.780. The number of halogens is 2. The maximum atomic E-state index is 10.4. The fraction of sp³-hybridized carbons (Fsp3) is 0.250. The number of aliphatic hydroxyl groups is 1. The molecule has 0 radical (unpaired) electrons. The van der Waals surface area contributed by atoms with Gasteiger partial charge in [-0.1, -0.05) is 23.7 Å². The SMILES string of the molecule is OC(Cc1cc(Cl)cc2c1OCC2)c1ccc(I)cc1. The molecular formula is C16H14ClIO2. The van der Waals surface area contributed by atoms with E-state index in [2.05, 4.69) is 22.6 Å². The van der Waals surface area contributed by atoms with Crippen LogP contribution >= 0.6 is 34.2 Å². The van der Waals surface area contributed by atoms with Gasteiger partial charge in [0.15, 0.2) is 0 Å². The number of ether oxygens (including phenoxy) is 1. The molecule has 0 saturated carbocycles. The van der Waals surface area contributed by atoms with Crippen molar-refractivity contribution in [2.45, 2.75) is 18.9 Å². The predicted octanol–water partition coefficient (Wildman–Crippen LogP) is 4.16. The zero-order valence-corrected chi connectivity index (χ0v) is 13.7. The smallest absolute Gasteiger partial charge is 0.126 e. The molecule has 1 aliphatic heterocycles. The molecule has 3 rings (SSSR count). The van der Waals surface area contributed by atoms with Gasteiger partial charge < -0.3 is 9.84 Å². The summed E-state index contributed by atoms with van der Waals surface area (Å²) in [4.78, 5) is 0. The van der Waals surface area contributed by atoms with Crippen LogP contribution in [0.4, 0.5) is 0 Å². The Morgan fingerprint density at radius 1 is 1.25 bits per heavy atom. The van der Waals surface area contributed by atoms with Gasteiger partial charge >= 0.3 is 0 Å². The summed E-state index contributed by atoms with van der Waals surface area (Å²) in [5.74, 6) is 0.902. The summed E-state index contributed by atoms with van der Waals surface area (Å²) in [5, 5.41) is 11.1. The van der Waals surface area contributed by atoms with E-state index < -0.39 is 6.10 Å². The monoisotopic (exact) mass is 400 g/mol. The van der Waals surface area contributed by atoms with E-state index in [1.165, 1.54) is 0 Å². The molecule has 2 aromatic rings. The predicted molar refractivity (Wildman–Crippen MR) is 88.5 cm³/mol. The number of fused-ring (bicyclic) bond motifs is 1. The number of benzene rings is 2. The van der Waals surface area contributed by atoms with Crippen molar-refractivity contribution in [3.63, 3.8) is 0 Å². The first-order valence-electron chi connectivity index (χ1n) is 6.51. The van der Waals surface area contributed by atoms with E-state index in [1.807, 2.05) is 36.4 Å². The molecule has 0 aromatic heterocycles. The van der Waals surface area contributed by atoms with Crippen molar-refractivity contribution in [3.8, 4) is 5.75 Å². The van der Waals surface area contributed by atoms with Crippen LogP contribution in [0.5, 0.6) is 5.75 Å². The second kappa shape index (κ2) is 5.92. The Bertz CT molecular complexity index is 625. The summed E-state index contributed by atoms with van der Waals surface area (Å²) in [6.07, 6.45) is 0.866. The quantitative estimate of drug-likeness (QED) is 0.784. The van der Waals surface area contributed by atoms with Gasteiger partial charge in [0, 0.05) is 21.4 Å². The number of aliphatic hydroxyl groups excluding tert-OH is 1.